The molecule has 0 unspecified atom stereocenters. The fourth-order valence-corrected chi connectivity index (χ4v) is 2.63. The van der Waals surface area contributed by atoms with Crippen molar-refractivity contribution >= 4 is 22.9 Å². The number of pyridine rings is 1. The fourth-order valence-electron chi connectivity index (χ4n) is 1.66. The van der Waals surface area contributed by atoms with Crippen LogP contribution in [-0.2, 0) is 6.42 Å². The van der Waals surface area contributed by atoms with E-state index in [-0.39, 0.29) is 5.54 Å². The van der Waals surface area contributed by atoms with Crippen molar-refractivity contribution in [1.82, 2.24) is 20.5 Å². The highest BCUT2D eigenvalue weighted by Crippen LogP contribution is 2.23. The van der Waals surface area contributed by atoms with E-state index in [1.165, 1.54) is 0 Å². The molecule has 4 nitrogen and oxygen atoms in total. The molecule has 20 heavy (non-hydrogen) atoms. The van der Waals surface area contributed by atoms with Gasteiger partial charge in [0.1, 0.15) is 10.7 Å². The topological polar surface area (TPSA) is 50.7 Å². The van der Waals surface area contributed by atoms with E-state index in [1.54, 1.807) is 17.5 Å². The van der Waals surface area contributed by atoms with Crippen molar-refractivity contribution in [2.24, 2.45) is 0 Å². The van der Waals surface area contributed by atoms with Crippen LogP contribution in [-0.4, -0.2) is 27.3 Å². The van der Waals surface area contributed by atoms with Crippen LogP contribution < -0.4 is 5.32 Å². The molecule has 1 N–H and O–H groups in total. The van der Waals surface area contributed by atoms with Gasteiger partial charge in [-0.05, 0) is 45.9 Å². The molecule has 0 amide bonds. The van der Waals surface area contributed by atoms with E-state index in [9.17, 15) is 0 Å². The van der Waals surface area contributed by atoms with E-state index in [4.69, 9.17) is 11.6 Å². The highest BCUT2D eigenvalue weighted by Gasteiger charge is 2.10. The maximum atomic E-state index is 5.82. The summed E-state index contributed by atoms with van der Waals surface area (Å²) in [5.74, 6) is 0. The number of aromatic nitrogens is 3. The molecular formula is C14H19ClN4S. The van der Waals surface area contributed by atoms with Crippen LogP contribution in [0.2, 0.25) is 5.02 Å². The van der Waals surface area contributed by atoms with Crippen LogP contribution in [0, 0.1) is 0 Å². The van der Waals surface area contributed by atoms with Gasteiger partial charge >= 0.3 is 0 Å². The Hall–Kier alpha value is -1.04. The number of rotatable bonds is 5. The molecule has 0 aromatic carbocycles. The monoisotopic (exact) mass is 310 g/mol. The van der Waals surface area contributed by atoms with Gasteiger partial charge in [0, 0.05) is 18.2 Å². The van der Waals surface area contributed by atoms with Gasteiger partial charge in [-0.2, -0.15) is 0 Å². The van der Waals surface area contributed by atoms with Crippen LogP contribution in [0.1, 0.15) is 32.2 Å². The van der Waals surface area contributed by atoms with Gasteiger partial charge in [-0.3, -0.25) is 4.98 Å². The third-order valence-corrected chi connectivity index (χ3v) is 3.87. The summed E-state index contributed by atoms with van der Waals surface area (Å²) >= 11 is 7.42. The molecule has 6 heteroatoms. The van der Waals surface area contributed by atoms with Crippen LogP contribution in [0.15, 0.2) is 18.3 Å². The summed E-state index contributed by atoms with van der Waals surface area (Å²) in [5, 5.41) is 14.4. The molecule has 0 saturated heterocycles. The number of hydrogen-bond donors (Lipinski definition) is 1. The van der Waals surface area contributed by atoms with Crippen LogP contribution in [0.5, 0.6) is 0 Å². The summed E-state index contributed by atoms with van der Waals surface area (Å²) in [6.45, 7) is 7.49. The lowest BCUT2D eigenvalue weighted by Crippen LogP contribution is -2.36. The van der Waals surface area contributed by atoms with Crippen molar-refractivity contribution in [1.29, 1.82) is 0 Å². The molecule has 108 valence electrons. The Morgan fingerprint density at radius 1 is 1.25 bits per heavy atom. The lowest BCUT2D eigenvalue weighted by molar-refractivity contribution is 0.422. The minimum Gasteiger partial charge on any atom is -0.312 e. The molecule has 0 radical (unpaired) electrons. The predicted molar refractivity (Wildman–Crippen MR) is 84.2 cm³/mol. The summed E-state index contributed by atoms with van der Waals surface area (Å²) in [4.78, 5) is 4.25. The quantitative estimate of drug-likeness (QED) is 0.858. The summed E-state index contributed by atoms with van der Waals surface area (Å²) in [6.07, 6.45) is 3.62. The summed E-state index contributed by atoms with van der Waals surface area (Å²) < 4.78 is 0. The number of hydrogen-bond acceptors (Lipinski definition) is 5. The van der Waals surface area contributed by atoms with Crippen molar-refractivity contribution in [3.63, 3.8) is 0 Å². The Kier molecular flexibility index (Phi) is 5.07. The van der Waals surface area contributed by atoms with Gasteiger partial charge < -0.3 is 5.32 Å². The van der Waals surface area contributed by atoms with Crippen molar-refractivity contribution in [3.05, 3.63) is 28.4 Å². The van der Waals surface area contributed by atoms with E-state index in [0.717, 1.165) is 35.1 Å². The van der Waals surface area contributed by atoms with Gasteiger partial charge in [-0.1, -0.05) is 22.9 Å². The van der Waals surface area contributed by atoms with Crippen molar-refractivity contribution in [2.45, 2.75) is 39.2 Å². The molecule has 2 rings (SSSR count). The third kappa shape index (κ3) is 4.81. The average Bonchev–Trinajstić information content (AvgIpc) is 2.83. The molecule has 0 bridgehead atoms. The molecule has 0 aliphatic heterocycles. The van der Waals surface area contributed by atoms with Gasteiger partial charge in [0.25, 0.3) is 0 Å². The second-order valence-electron chi connectivity index (χ2n) is 5.64. The van der Waals surface area contributed by atoms with E-state index >= 15 is 0 Å². The third-order valence-electron chi connectivity index (χ3n) is 2.64. The molecule has 0 aliphatic rings. The molecule has 0 spiro atoms. The minimum atomic E-state index is 0.166. The first kappa shape index (κ1) is 15.4. The van der Waals surface area contributed by atoms with Gasteiger partial charge in [0.05, 0.1) is 5.02 Å². The zero-order valence-electron chi connectivity index (χ0n) is 12.0. The van der Waals surface area contributed by atoms with Crippen LogP contribution in [0.3, 0.4) is 0 Å². The fraction of sp³-hybridized carbons (Fsp3) is 0.500. The first-order valence-electron chi connectivity index (χ1n) is 6.63. The largest absolute Gasteiger partial charge is 0.312 e. The first-order valence-corrected chi connectivity index (χ1v) is 7.83. The van der Waals surface area contributed by atoms with Gasteiger partial charge in [-0.15, -0.1) is 10.2 Å². The lowest BCUT2D eigenvalue weighted by atomic mass is 10.1. The standard InChI is InChI=1S/C14H19ClN4S/c1-14(2,3)17-8-4-5-12-18-19-13(20-12)11-7-6-10(15)9-16-11/h6-7,9,17H,4-5,8H2,1-3H3. The minimum absolute atomic E-state index is 0.166. The van der Waals surface area contributed by atoms with E-state index < -0.39 is 0 Å². The highest BCUT2D eigenvalue weighted by atomic mass is 35.5. The number of nitrogens with zero attached hydrogens (tertiary/aromatic N) is 3. The van der Waals surface area contributed by atoms with Crippen molar-refractivity contribution in [2.75, 3.05) is 6.54 Å². The average molecular weight is 311 g/mol. The maximum Gasteiger partial charge on any atom is 0.166 e. The van der Waals surface area contributed by atoms with E-state index in [1.807, 2.05) is 12.1 Å². The second-order valence-corrected chi connectivity index (χ2v) is 7.14. The summed E-state index contributed by atoms with van der Waals surface area (Å²) in [7, 11) is 0. The SMILES string of the molecule is CC(C)(C)NCCCc1nnc(-c2ccc(Cl)cn2)s1. The molecule has 0 fully saturated rings. The molecule has 2 aromatic rings. The predicted octanol–water partition coefficient (Wildman–Crippen LogP) is 3.57. The zero-order valence-corrected chi connectivity index (χ0v) is 13.6. The Morgan fingerprint density at radius 3 is 2.70 bits per heavy atom. The Morgan fingerprint density at radius 2 is 2.05 bits per heavy atom. The number of halogens is 1. The molecule has 2 aromatic heterocycles. The van der Waals surface area contributed by atoms with Crippen molar-refractivity contribution < 1.29 is 0 Å². The van der Waals surface area contributed by atoms with E-state index in [0.29, 0.717) is 5.02 Å². The summed E-state index contributed by atoms with van der Waals surface area (Å²) in [5.41, 5.74) is 0.991. The van der Waals surface area contributed by atoms with Crippen LogP contribution >= 0.6 is 22.9 Å². The smallest absolute Gasteiger partial charge is 0.166 e. The van der Waals surface area contributed by atoms with E-state index in [2.05, 4.69) is 41.3 Å². The molecule has 0 saturated carbocycles. The van der Waals surface area contributed by atoms with Crippen LogP contribution in [0.4, 0.5) is 0 Å². The lowest BCUT2D eigenvalue weighted by Gasteiger charge is -2.20. The maximum absolute atomic E-state index is 5.82. The van der Waals surface area contributed by atoms with Gasteiger partial charge in [0.15, 0.2) is 5.01 Å². The molecule has 2 heterocycles. The Balaban J connectivity index is 1.88. The molecule has 0 atom stereocenters. The Labute approximate surface area is 128 Å². The number of nitrogens with one attached hydrogen (secondary N) is 1. The first-order chi connectivity index (χ1) is 9.44. The Bertz CT molecular complexity index is 545. The van der Waals surface area contributed by atoms with Crippen molar-refractivity contribution in [3.8, 4) is 10.7 Å². The summed E-state index contributed by atoms with van der Waals surface area (Å²) in [6, 6.07) is 3.69. The highest BCUT2D eigenvalue weighted by molar-refractivity contribution is 7.14. The number of aryl methyl sites for hydroxylation is 1. The second kappa shape index (κ2) is 6.61. The van der Waals surface area contributed by atoms with Crippen LogP contribution in [0.25, 0.3) is 10.7 Å². The zero-order chi connectivity index (χ0) is 14.6. The normalized spacial score (nSPS) is 11.8. The van der Waals surface area contributed by atoms with Gasteiger partial charge in [0.2, 0.25) is 0 Å². The molecule has 0 aliphatic carbocycles. The van der Waals surface area contributed by atoms with Gasteiger partial charge in [-0.25, -0.2) is 0 Å². The molecular weight excluding hydrogens is 292 g/mol.